The summed E-state index contributed by atoms with van der Waals surface area (Å²) in [7, 11) is 1.86. The zero-order chi connectivity index (χ0) is 18.8. The highest BCUT2D eigenvalue weighted by atomic mass is 35.5. The first-order valence-electron chi connectivity index (χ1n) is 9.50. The van der Waals surface area contributed by atoms with E-state index >= 15 is 0 Å². The van der Waals surface area contributed by atoms with Crippen LogP contribution in [-0.2, 0) is 6.54 Å². The van der Waals surface area contributed by atoms with Gasteiger partial charge in [-0.15, -0.1) is 0 Å². The Balaban J connectivity index is 1.27. The normalized spacial score (nSPS) is 23.5. The molecule has 1 aliphatic heterocycles. The van der Waals surface area contributed by atoms with Crippen molar-refractivity contribution in [2.45, 2.75) is 31.8 Å². The minimum Gasteiger partial charge on any atom is -0.361 e. The summed E-state index contributed by atoms with van der Waals surface area (Å²) in [5.74, 6) is 2.39. The molecule has 2 unspecified atom stereocenters. The van der Waals surface area contributed by atoms with Crippen molar-refractivity contribution in [1.82, 2.24) is 20.3 Å². The van der Waals surface area contributed by atoms with Crippen LogP contribution in [0.15, 0.2) is 39.8 Å². The summed E-state index contributed by atoms with van der Waals surface area (Å²) in [5, 5.41) is 8.54. The Hall–Kier alpha value is -2.05. The van der Waals surface area contributed by atoms with E-state index < -0.39 is 0 Å². The maximum atomic E-state index is 6.12. The standard InChI is InChI=1S/C20H26ClN5O/c1-14-10-17(24-27-14)13-25-6-8-26(9-7-25)20(22-2)23-19-12-18(19)15-4-3-5-16(21)11-15/h3-5,10-11,18-19H,6-9,12-13H2,1-2H3,(H,22,23). The lowest BCUT2D eigenvalue weighted by Crippen LogP contribution is -2.52. The summed E-state index contributed by atoms with van der Waals surface area (Å²) in [6.45, 7) is 6.69. The van der Waals surface area contributed by atoms with Crippen molar-refractivity contribution in [3.8, 4) is 0 Å². The fraction of sp³-hybridized carbons (Fsp3) is 0.500. The predicted octanol–water partition coefficient (Wildman–Crippen LogP) is 2.89. The van der Waals surface area contributed by atoms with Crippen LogP contribution >= 0.6 is 11.6 Å². The number of piperazine rings is 1. The summed E-state index contributed by atoms with van der Waals surface area (Å²) >= 11 is 6.12. The summed E-state index contributed by atoms with van der Waals surface area (Å²) in [4.78, 5) is 9.26. The van der Waals surface area contributed by atoms with Crippen LogP contribution < -0.4 is 5.32 Å². The molecule has 2 fully saturated rings. The van der Waals surface area contributed by atoms with E-state index in [4.69, 9.17) is 16.1 Å². The number of hydrogen-bond donors (Lipinski definition) is 1. The van der Waals surface area contributed by atoms with E-state index in [0.717, 1.165) is 61.6 Å². The molecular formula is C20H26ClN5O. The van der Waals surface area contributed by atoms with Crippen molar-refractivity contribution in [2.75, 3.05) is 33.2 Å². The molecule has 1 N–H and O–H groups in total. The minimum absolute atomic E-state index is 0.443. The van der Waals surface area contributed by atoms with Crippen molar-refractivity contribution in [3.63, 3.8) is 0 Å². The molecule has 0 bridgehead atoms. The van der Waals surface area contributed by atoms with E-state index in [1.807, 2.05) is 32.2 Å². The monoisotopic (exact) mass is 387 g/mol. The highest BCUT2D eigenvalue weighted by Gasteiger charge is 2.39. The fourth-order valence-corrected chi connectivity index (χ4v) is 3.96. The molecule has 27 heavy (non-hydrogen) atoms. The van der Waals surface area contributed by atoms with Gasteiger partial charge in [-0.25, -0.2) is 0 Å². The van der Waals surface area contributed by atoms with Gasteiger partial charge in [0.15, 0.2) is 5.96 Å². The molecular weight excluding hydrogens is 362 g/mol. The second-order valence-corrected chi connectivity index (χ2v) is 7.82. The Kier molecular flexibility index (Phi) is 5.36. The van der Waals surface area contributed by atoms with Gasteiger partial charge in [0.25, 0.3) is 0 Å². The average Bonchev–Trinajstić information content (AvgIpc) is 3.33. The van der Waals surface area contributed by atoms with E-state index in [-0.39, 0.29) is 0 Å². The van der Waals surface area contributed by atoms with Gasteiger partial charge in [-0.3, -0.25) is 9.89 Å². The molecule has 2 aromatic rings. The lowest BCUT2D eigenvalue weighted by Gasteiger charge is -2.36. The molecule has 1 saturated heterocycles. The molecule has 1 aromatic heterocycles. The Morgan fingerprint density at radius 2 is 2.11 bits per heavy atom. The summed E-state index contributed by atoms with van der Waals surface area (Å²) in [6.07, 6.45) is 1.13. The third-order valence-corrected chi connectivity index (χ3v) is 5.56. The predicted molar refractivity (Wildman–Crippen MR) is 107 cm³/mol. The molecule has 4 rings (SSSR count). The van der Waals surface area contributed by atoms with Gasteiger partial charge in [-0.1, -0.05) is 28.9 Å². The molecule has 144 valence electrons. The molecule has 1 saturated carbocycles. The van der Waals surface area contributed by atoms with E-state index in [2.05, 4.69) is 37.4 Å². The second-order valence-electron chi connectivity index (χ2n) is 7.39. The van der Waals surface area contributed by atoms with Crippen LogP contribution in [0.3, 0.4) is 0 Å². The molecule has 2 heterocycles. The molecule has 7 heteroatoms. The fourth-order valence-electron chi connectivity index (χ4n) is 3.76. The first-order valence-corrected chi connectivity index (χ1v) is 9.88. The van der Waals surface area contributed by atoms with E-state index in [1.165, 1.54) is 5.56 Å². The highest BCUT2D eigenvalue weighted by molar-refractivity contribution is 6.30. The summed E-state index contributed by atoms with van der Waals surface area (Å²) < 4.78 is 5.16. The largest absolute Gasteiger partial charge is 0.361 e. The topological polar surface area (TPSA) is 56.9 Å². The number of guanidine groups is 1. The van der Waals surface area contributed by atoms with Gasteiger partial charge in [0.2, 0.25) is 0 Å². The van der Waals surface area contributed by atoms with Crippen LogP contribution in [0, 0.1) is 6.92 Å². The number of nitrogens with one attached hydrogen (secondary N) is 1. The van der Waals surface area contributed by atoms with Crippen LogP contribution in [0.25, 0.3) is 0 Å². The smallest absolute Gasteiger partial charge is 0.193 e. The van der Waals surface area contributed by atoms with E-state index in [1.54, 1.807) is 0 Å². The van der Waals surface area contributed by atoms with Crippen molar-refractivity contribution >= 4 is 17.6 Å². The SMILES string of the molecule is CN=C(NC1CC1c1cccc(Cl)c1)N1CCN(Cc2cc(C)on2)CC1. The van der Waals surface area contributed by atoms with Gasteiger partial charge >= 0.3 is 0 Å². The quantitative estimate of drug-likeness (QED) is 0.645. The number of nitrogens with zero attached hydrogens (tertiary/aromatic N) is 4. The van der Waals surface area contributed by atoms with Gasteiger partial charge in [0.1, 0.15) is 5.76 Å². The first kappa shape index (κ1) is 18.3. The summed E-state index contributed by atoms with van der Waals surface area (Å²) in [6, 6.07) is 10.6. The van der Waals surface area contributed by atoms with Crippen LogP contribution in [-0.4, -0.2) is 60.2 Å². The van der Waals surface area contributed by atoms with Crippen molar-refractivity contribution in [3.05, 3.63) is 52.4 Å². The van der Waals surface area contributed by atoms with Crippen LogP contribution in [0.5, 0.6) is 0 Å². The Labute approximate surface area is 165 Å². The van der Waals surface area contributed by atoms with Gasteiger partial charge in [0, 0.05) is 62.8 Å². The van der Waals surface area contributed by atoms with Crippen molar-refractivity contribution in [2.24, 2.45) is 4.99 Å². The minimum atomic E-state index is 0.443. The zero-order valence-corrected chi connectivity index (χ0v) is 16.6. The van der Waals surface area contributed by atoms with Crippen molar-refractivity contribution < 1.29 is 4.52 Å². The maximum absolute atomic E-state index is 6.12. The molecule has 6 nitrogen and oxygen atoms in total. The van der Waals surface area contributed by atoms with Gasteiger partial charge in [-0.05, 0) is 31.0 Å². The van der Waals surface area contributed by atoms with Gasteiger partial charge in [-0.2, -0.15) is 0 Å². The van der Waals surface area contributed by atoms with Crippen LogP contribution in [0.2, 0.25) is 5.02 Å². The zero-order valence-electron chi connectivity index (χ0n) is 15.9. The Morgan fingerprint density at radius 1 is 1.30 bits per heavy atom. The van der Waals surface area contributed by atoms with Gasteiger partial charge in [0.05, 0.1) is 5.69 Å². The Morgan fingerprint density at radius 3 is 2.78 bits per heavy atom. The number of benzene rings is 1. The second kappa shape index (κ2) is 7.90. The highest BCUT2D eigenvalue weighted by Crippen LogP contribution is 2.41. The van der Waals surface area contributed by atoms with Crippen LogP contribution in [0.4, 0.5) is 0 Å². The number of aryl methyl sites for hydroxylation is 1. The molecule has 1 aliphatic carbocycles. The van der Waals surface area contributed by atoms with Crippen molar-refractivity contribution in [1.29, 1.82) is 0 Å². The number of aliphatic imine (C=N–C) groups is 1. The molecule has 0 spiro atoms. The molecule has 1 aromatic carbocycles. The number of halogens is 1. The molecule has 0 radical (unpaired) electrons. The molecule has 2 aliphatic rings. The van der Waals surface area contributed by atoms with Gasteiger partial charge < -0.3 is 14.7 Å². The lowest BCUT2D eigenvalue weighted by molar-refractivity contribution is 0.169. The summed E-state index contributed by atoms with van der Waals surface area (Å²) in [5.41, 5.74) is 2.31. The molecule has 2 atom stereocenters. The van der Waals surface area contributed by atoms with Crippen LogP contribution in [0.1, 0.15) is 29.4 Å². The number of aromatic nitrogens is 1. The Bertz CT molecular complexity index is 812. The van der Waals surface area contributed by atoms with E-state index in [9.17, 15) is 0 Å². The lowest BCUT2D eigenvalue weighted by atomic mass is 10.1. The third kappa shape index (κ3) is 4.45. The first-order chi connectivity index (χ1) is 13.1. The van der Waals surface area contributed by atoms with E-state index in [0.29, 0.717) is 12.0 Å². The third-order valence-electron chi connectivity index (χ3n) is 5.33. The maximum Gasteiger partial charge on any atom is 0.193 e. The number of rotatable bonds is 4. The molecule has 0 amide bonds. The number of hydrogen-bond acceptors (Lipinski definition) is 4. The average molecular weight is 388 g/mol.